The minimum Gasteiger partial charge on any atom is -0.356 e. The Balaban J connectivity index is 3.51. The standard InChI is InChI=1S/C14H30N2O/c1-4-5-6-7-8-9-12-16-13(17)14(2,3)10-11-15/h4-12,15H2,1-3H3,(H,16,17). The summed E-state index contributed by atoms with van der Waals surface area (Å²) in [6.45, 7) is 7.50. The van der Waals surface area contributed by atoms with Gasteiger partial charge in [0.25, 0.3) is 0 Å². The number of rotatable bonds is 10. The van der Waals surface area contributed by atoms with E-state index < -0.39 is 0 Å². The minimum absolute atomic E-state index is 0.136. The molecule has 0 saturated heterocycles. The van der Waals surface area contributed by atoms with Gasteiger partial charge in [-0.15, -0.1) is 0 Å². The highest BCUT2D eigenvalue weighted by atomic mass is 16.2. The Hall–Kier alpha value is -0.570. The van der Waals surface area contributed by atoms with Crippen molar-refractivity contribution >= 4 is 5.91 Å². The second kappa shape index (κ2) is 9.46. The highest BCUT2D eigenvalue weighted by molar-refractivity contribution is 5.81. The van der Waals surface area contributed by atoms with Gasteiger partial charge in [-0.1, -0.05) is 52.9 Å². The minimum atomic E-state index is -0.322. The molecule has 1 amide bonds. The molecule has 0 spiro atoms. The van der Waals surface area contributed by atoms with E-state index in [0.29, 0.717) is 6.54 Å². The maximum atomic E-state index is 11.8. The van der Waals surface area contributed by atoms with Gasteiger partial charge in [-0.2, -0.15) is 0 Å². The van der Waals surface area contributed by atoms with Crippen molar-refractivity contribution in [2.75, 3.05) is 13.1 Å². The molecule has 0 bridgehead atoms. The van der Waals surface area contributed by atoms with E-state index in [1.165, 1.54) is 32.1 Å². The Bertz CT molecular complexity index is 202. The van der Waals surface area contributed by atoms with Crippen LogP contribution in [0.1, 0.15) is 65.7 Å². The van der Waals surface area contributed by atoms with Crippen molar-refractivity contribution in [3.05, 3.63) is 0 Å². The molecule has 0 atom stereocenters. The quantitative estimate of drug-likeness (QED) is 0.579. The number of nitrogens with one attached hydrogen (secondary N) is 1. The molecule has 0 aromatic rings. The van der Waals surface area contributed by atoms with Gasteiger partial charge < -0.3 is 11.1 Å². The van der Waals surface area contributed by atoms with Gasteiger partial charge in [-0.3, -0.25) is 4.79 Å². The first-order chi connectivity index (χ1) is 8.04. The molecule has 0 fully saturated rings. The third-order valence-electron chi connectivity index (χ3n) is 3.20. The van der Waals surface area contributed by atoms with Gasteiger partial charge in [0.2, 0.25) is 5.91 Å². The zero-order chi connectivity index (χ0) is 13.1. The Morgan fingerprint density at radius 2 is 1.71 bits per heavy atom. The lowest BCUT2D eigenvalue weighted by Crippen LogP contribution is -2.38. The van der Waals surface area contributed by atoms with E-state index >= 15 is 0 Å². The topological polar surface area (TPSA) is 55.1 Å². The number of amides is 1. The molecule has 0 heterocycles. The second-order valence-corrected chi connectivity index (χ2v) is 5.45. The summed E-state index contributed by atoms with van der Waals surface area (Å²) in [5.41, 5.74) is 5.17. The van der Waals surface area contributed by atoms with Crippen LogP contribution < -0.4 is 11.1 Å². The Labute approximate surface area is 107 Å². The van der Waals surface area contributed by atoms with Crippen LogP contribution in [-0.4, -0.2) is 19.0 Å². The van der Waals surface area contributed by atoms with Gasteiger partial charge in [-0.05, 0) is 19.4 Å². The number of hydrogen-bond donors (Lipinski definition) is 2. The average molecular weight is 242 g/mol. The van der Waals surface area contributed by atoms with E-state index in [1.54, 1.807) is 0 Å². The molecule has 0 aromatic heterocycles. The van der Waals surface area contributed by atoms with Gasteiger partial charge in [0, 0.05) is 12.0 Å². The summed E-state index contributed by atoms with van der Waals surface area (Å²) in [7, 11) is 0. The van der Waals surface area contributed by atoms with Crippen LogP contribution in [-0.2, 0) is 4.79 Å². The molecule has 0 aliphatic carbocycles. The van der Waals surface area contributed by atoms with Crippen LogP contribution >= 0.6 is 0 Å². The van der Waals surface area contributed by atoms with Crippen molar-refractivity contribution < 1.29 is 4.79 Å². The lowest BCUT2D eigenvalue weighted by molar-refractivity contribution is -0.129. The number of unbranched alkanes of at least 4 members (excludes halogenated alkanes) is 5. The Morgan fingerprint density at radius 3 is 2.29 bits per heavy atom. The second-order valence-electron chi connectivity index (χ2n) is 5.45. The summed E-state index contributed by atoms with van der Waals surface area (Å²) < 4.78 is 0. The highest BCUT2D eigenvalue weighted by Crippen LogP contribution is 2.19. The first kappa shape index (κ1) is 16.4. The Morgan fingerprint density at radius 1 is 1.12 bits per heavy atom. The normalized spacial score (nSPS) is 11.5. The van der Waals surface area contributed by atoms with Crippen LogP contribution in [0.2, 0.25) is 0 Å². The molecule has 102 valence electrons. The third kappa shape index (κ3) is 8.19. The van der Waals surface area contributed by atoms with Crippen molar-refractivity contribution in [3.8, 4) is 0 Å². The van der Waals surface area contributed by atoms with E-state index in [1.807, 2.05) is 13.8 Å². The van der Waals surface area contributed by atoms with Gasteiger partial charge in [0.15, 0.2) is 0 Å². The molecule has 0 aromatic carbocycles. The fraction of sp³-hybridized carbons (Fsp3) is 0.929. The predicted octanol–water partition coefficient (Wildman–Crippen LogP) is 2.84. The van der Waals surface area contributed by atoms with Crippen molar-refractivity contribution in [2.24, 2.45) is 11.1 Å². The van der Waals surface area contributed by atoms with Crippen molar-refractivity contribution in [1.29, 1.82) is 0 Å². The largest absolute Gasteiger partial charge is 0.356 e. The molecule has 3 N–H and O–H groups in total. The fourth-order valence-electron chi connectivity index (χ4n) is 1.82. The number of carbonyl (C=O) groups excluding carboxylic acids is 1. The van der Waals surface area contributed by atoms with Gasteiger partial charge in [-0.25, -0.2) is 0 Å². The molecule has 0 radical (unpaired) electrons. The maximum absolute atomic E-state index is 11.8. The van der Waals surface area contributed by atoms with Gasteiger partial charge >= 0.3 is 0 Å². The molecule has 0 saturated carbocycles. The van der Waals surface area contributed by atoms with Gasteiger partial charge in [0.1, 0.15) is 0 Å². The summed E-state index contributed by atoms with van der Waals surface area (Å²) in [4.78, 5) is 11.8. The van der Waals surface area contributed by atoms with Crippen molar-refractivity contribution in [1.82, 2.24) is 5.32 Å². The molecular formula is C14H30N2O. The Kier molecular flexibility index (Phi) is 9.14. The molecular weight excluding hydrogens is 212 g/mol. The van der Waals surface area contributed by atoms with Crippen LogP contribution in [0.4, 0.5) is 0 Å². The highest BCUT2D eigenvalue weighted by Gasteiger charge is 2.25. The molecule has 17 heavy (non-hydrogen) atoms. The van der Waals surface area contributed by atoms with E-state index in [-0.39, 0.29) is 11.3 Å². The summed E-state index contributed by atoms with van der Waals surface area (Å²) in [5, 5.41) is 3.00. The summed E-state index contributed by atoms with van der Waals surface area (Å²) >= 11 is 0. The van der Waals surface area contributed by atoms with E-state index in [9.17, 15) is 4.79 Å². The van der Waals surface area contributed by atoms with E-state index in [4.69, 9.17) is 5.73 Å². The molecule has 0 unspecified atom stereocenters. The molecule has 0 aliphatic rings. The summed E-state index contributed by atoms with van der Waals surface area (Å²) in [6.07, 6.45) is 8.28. The zero-order valence-corrected chi connectivity index (χ0v) is 11.8. The number of hydrogen-bond acceptors (Lipinski definition) is 2. The first-order valence-electron chi connectivity index (χ1n) is 7.03. The lowest BCUT2D eigenvalue weighted by Gasteiger charge is -2.22. The van der Waals surface area contributed by atoms with Crippen LogP contribution in [0.5, 0.6) is 0 Å². The number of carbonyl (C=O) groups is 1. The smallest absolute Gasteiger partial charge is 0.225 e. The summed E-state index contributed by atoms with van der Waals surface area (Å²) in [5.74, 6) is 0.136. The van der Waals surface area contributed by atoms with Crippen LogP contribution in [0.3, 0.4) is 0 Å². The first-order valence-corrected chi connectivity index (χ1v) is 7.03. The fourth-order valence-corrected chi connectivity index (χ4v) is 1.82. The SMILES string of the molecule is CCCCCCCCNC(=O)C(C)(C)CCN. The monoisotopic (exact) mass is 242 g/mol. The average Bonchev–Trinajstić information content (AvgIpc) is 2.27. The molecule has 3 heteroatoms. The zero-order valence-electron chi connectivity index (χ0n) is 11.8. The van der Waals surface area contributed by atoms with E-state index in [2.05, 4.69) is 12.2 Å². The third-order valence-corrected chi connectivity index (χ3v) is 3.20. The molecule has 0 rings (SSSR count). The van der Waals surface area contributed by atoms with Crippen LogP contribution in [0.25, 0.3) is 0 Å². The summed E-state index contributed by atoms with van der Waals surface area (Å²) in [6, 6.07) is 0. The molecule has 0 aliphatic heterocycles. The van der Waals surface area contributed by atoms with Gasteiger partial charge in [0.05, 0.1) is 0 Å². The maximum Gasteiger partial charge on any atom is 0.225 e. The van der Waals surface area contributed by atoms with Crippen molar-refractivity contribution in [2.45, 2.75) is 65.7 Å². The lowest BCUT2D eigenvalue weighted by atomic mass is 9.88. The number of nitrogens with two attached hydrogens (primary N) is 1. The predicted molar refractivity (Wildman–Crippen MR) is 73.8 cm³/mol. The van der Waals surface area contributed by atoms with Crippen LogP contribution in [0.15, 0.2) is 0 Å². The van der Waals surface area contributed by atoms with E-state index in [0.717, 1.165) is 19.4 Å². The van der Waals surface area contributed by atoms with Crippen molar-refractivity contribution in [3.63, 3.8) is 0 Å². The van der Waals surface area contributed by atoms with Crippen LogP contribution in [0, 0.1) is 5.41 Å². The molecule has 3 nitrogen and oxygen atoms in total.